The van der Waals surface area contributed by atoms with Crippen LogP contribution in [0.25, 0.3) is 21.3 Å². The highest BCUT2D eigenvalue weighted by atomic mass is 35.5. The lowest BCUT2D eigenvalue weighted by Gasteiger charge is -2.33. The first-order valence-corrected chi connectivity index (χ1v) is 11.3. The first-order valence-electron chi connectivity index (χ1n) is 9.68. The molecule has 2 heterocycles. The van der Waals surface area contributed by atoms with Gasteiger partial charge in [-0.2, -0.15) is 0 Å². The Morgan fingerprint density at radius 2 is 2.14 bits per heavy atom. The standard InChI is InChI=1S/C21H23Cl2N5S/c1-12-6-16(22)8-19(23)18(12)9-17(10-24)26-21-28-27-20(29-21)14-2-3-15-11-25-5-4-13(15)7-14/h2-7,11-12,17-19H,8-10,24H2,1H3,(H,26,28)/t12?,17-,18?,19?/m1/s1. The molecule has 1 aromatic carbocycles. The van der Waals surface area contributed by atoms with Crippen molar-refractivity contribution < 1.29 is 0 Å². The van der Waals surface area contributed by atoms with Gasteiger partial charge in [-0.1, -0.05) is 48.1 Å². The fourth-order valence-corrected chi connectivity index (χ4v) is 5.60. The second-order valence-corrected chi connectivity index (χ2v) is 9.54. The van der Waals surface area contributed by atoms with E-state index in [1.54, 1.807) is 6.20 Å². The molecule has 1 aliphatic carbocycles. The number of alkyl halides is 1. The second kappa shape index (κ2) is 8.96. The van der Waals surface area contributed by atoms with Crippen molar-refractivity contribution in [2.24, 2.45) is 17.6 Å². The van der Waals surface area contributed by atoms with Crippen LogP contribution in [0.3, 0.4) is 0 Å². The molecule has 3 unspecified atom stereocenters. The van der Waals surface area contributed by atoms with E-state index in [0.29, 0.717) is 18.4 Å². The quantitative estimate of drug-likeness (QED) is 0.503. The summed E-state index contributed by atoms with van der Waals surface area (Å²) < 4.78 is 0. The van der Waals surface area contributed by atoms with Crippen LogP contribution in [0.2, 0.25) is 0 Å². The monoisotopic (exact) mass is 447 g/mol. The van der Waals surface area contributed by atoms with Crippen LogP contribution in [0.15, 0.2) is 47.8 Å². The number of fused-ring (bicyclic) bond motifs is 1. The highest BCUT2D eigenvalue weighted by Crippen LogP contribution is 2.37. The van der Waals surface area contributed by atoms with Crippen LogP contribution in [0, 0.1) is 11.8 Å². The molecule has 3 N–H and O–H groups in total. The summed E-state index contributed by atoms with van der Waals surface area (Å²) in [6.07, 6.45) is 7.35. The molecule has 29 heavy (non-hydrogen) atoms. The Bertz CT molecular complexity index is 1020. The predicted octanol–water partition coefficient (Wildman–Crippen LogP) is 5.27. The summed E-state index contributed by atoms with van der Waals surface area (Å²) >= 11 is 14.3. The molecule has 0 aliphatic heterocycles. The van der Waals surface area contributed by atoms with Crippen LogP contribution < -0.4 is 11.1 Å². The van der Waals surface area contributed by atoms with Gasteiger partial charge in [0.2, 0.25) is 5.13 Å². The number of nitrogens with zero attached hydrogens (tertiary/aromatic N) is 3. The number of hydrogen-bond donors (Lipinski definition) is 2. The molecule has 0 amide bonds. The maximum Gasteiger partial charge on any atom is 0.206 e. The summed E-state index contributed by atoms with van der Waals surface area (Å²) in [6.45, 7) is 2.66. The Morgan fingerprint density at radius 1 is 1.28 bits per heavy atom. The van der Waals surface area contributed by atoms with E-state index >= 15 is 0 Å². The SMILES string of the molecule is CC1C=C(Cl)CC(Cl)C1C[C@H](CN)Nc1nnc(-c2ccc3cnccc3c2)s1. The average Bonchev–Trinajstić information content (AvgIpc) is 3.18. The lowest BCUT2D eigenvalue weighted by molar-refractivity contribution is 0.339. The molecule has 5 nitrogen and oxygen atoms in total. The maximum atomic E-state index is 6.58. The van der Waals surface area contributed by atoms with Gasteiger partial charge in [0.1, 0.15) is 5.01 Å². The van der Waals surface area contributed by atoms with Gasteiger partial charge in [-0.3, -0.25) is 4.98 Å². The van der Waals surface area contributed by atoms with Crippen molar-refractivity contribution in [1.29, 1.82) is 0 Å². The molecular weight excluding hydrogens is 425 g/mol. The Labute approximate surface area is 184 Å². The lowest BCUT2D eigenvalue weighted by Crippen LogP contribution is -2.36. The third kappa shape index (κ3) is 4.72. The zero-order chi connectivity index (χ0) is 20.4. The van der Waals surface area contributed by atoms with Gasteiger partial charge >= 0.3 is 0 Å². The lowest BCUT2D eigenvalue weighted by atomic mass is 9.80. The molecule has 4 rings (SSSR count). The number of anilines is 1. The molecule has 0 fully saturated rings. The summed E-state index contributed by atoms with van der Waals surface area (Å²) in [4.78, 5) is 4.16. The minimum absolute atomic E-state index is 0.0235. The number of rotatable bonds is 6. The van der Waals surface area contributed by atoms with Crippen LogP contribution in [0.1, 0.15) is 19.8 Å². The van der Waals surface area contributed by atoms with Crippen molar-refractivity contribution in [2.45, 2.75) is 31.2 Å². The molecule has 1 aliphatic rings. The number of nitrogens with two attached hydrogens (primary N) is 1. The molecule has 2 aromatic heterocycles. The Morgan fingerprint density at radius 3 is 2.93 bits per heavy atom. The first kappa shape index (κ1) is 20.5. The molecule has 0 bridgehead atoms. The summed E-state index contributed by atoms with van der Waals surface area (Å²) in [6, 6.07) is 8.29. The van der Waals surface area contributed by atoms with E-state index in [-0.39, 0.29) is 11.4 Å². The van der Waals surface area contributed by atoms with E-state index in [4.69, 9.17) is 28.9 Å². The Balaban J connectivity index is 1.47. The highest BCUT2D eigenvalue weighted by molar-refractivity contribution is 7.18. The molecular formula is C21H23Cl2N5S. The second-order valence-electron chi connectivity index (χ2n) is 7.52. The van der Waals surface area contributed by atoms with Crippen molar-refractivity contribution in [3.63, 3.8) is 0 Å². The fourth-order valence-electron chi connectivity index (χ4n) is 3.84. The molecule has 152 valence electrons. The first-order chi connectivity index (χ1) is 14.0. The number of aromatic nitrogens is 3. The fraction of sp³-hybridized carbons (Fsp3) is 0.381. The minimum atomic E-state index is 0.0235. The highest BCUT2D eigenvalue weighted by Gasteiger charge is 2.31. The molecule has 0 saturated heterocycles. The zero-order valence-corrected chi connectivity index (χ0v) is 18.4. The number of hydrogen-bond acceptors (Lipinski definition) is 6. The van der Waals surface area contributed by atoms with E-state index in [2.05, 4.69) is 45.6 Å². The van der Waals surface area contributed by atoms with Gasteiger partial charge in [0.05, 0.1) is 0 Å². The number of benzene rings is 1. The summed E-state index contributed by atoms with van der Waals surface area (Å²) in [7, 11) is 0. The van der Waals surface area contributed by atoms with Gasteiger partial charge in [0, 0.05) is 46.3 Å². The maximum absolute atomic E-state index is 6.58. The van der Waals surface area contributed by atoms with Gasteiger partial charge in [0.15, 0.2) is 0 Å². The summed E-state index contributed by atoms with van der Waals surface area (Å²) in [5.41, 5.74) is 7.08. The van der Waals surface area contributed by atoms with Crippen molar-refractivity contribution in [3.05, 3.63) is 47.8 Å². The third-order valence-corrected chi connectivity index (χ3v) is 7.12. The van der Waals surface area contributed by atoms with Crippen LogP contribution in [-0.4, -0.2) is 33.1 Å². The molecule has 0 saturated carbocycles. The third-order valence-electron chi connectivity index (χ3n) is 5.45. The molecule has 0 spiro atoms. The minimum Gasteiger partial charge on any atom is -0.356 e. The Hall–Kier alpha value is -1.73. The number of allylic oxidation sites excluding steroid dienone is 2. The smallest absolute Gasteiger partial charge is 0.206 e. The van der Waals surface area contributed by atoms with Crippen LogP contribution in [0.5, 0.6) is 0 Å². The van der Waals surface area contributed by atoms with Gasteiger partial charge < -0.3 is 11.1 Å². The van der Waals surface area contributed by atoms with Crippen LogP contribution >= 0.6 is 34.5 Å². The van der Waals surface area contributed by atoms with Gasteiger partial charge in [0.25, 0.3) is 0 Å². The predicted molar refractivity (Wildman–Crippen MR) is 123 cm³/mol. The number of pyridine rings is 1. The normalized spacial score (nSPS) is 23.0. The van der Waals surface area contributed by atoms with E-state index < -0.39 is 0 Å². The average molecular weight is 448 g/mol. The topological polar surface area (TPSA) is 76.7 Å². The number of halogens is 2. The van der Waals surface area contributed by atoms with Crippen molar-refractivity contribution in [3.8, 4) is 10.6 Å². The Kier molecular flexibility index (Phi) is 6.35. The van der Waals surface area contributed by atoms with E-state index in [1.165, 1.54) is 11.3 Å². The van der Waals surface area contributed by atoms with E-state index in [0.717, 1.165) is 44.3 Å². The molecule has 0 radical (unpaired) electrons. The zero-order valence-electron chi connectivity index (χ0n) is 16.1. The molecule has 3 aromatic rings. The molecule has 8 heteroatoms. The van der Waals surface area contributed by atoms with E-state index in [1.807, 2.05) is 18.3 Å². The summed E-state index contributed by atoms with van der Waals surface area (Å²) in [5.74, 6) is 0.647. The summed E-state index contributed by atoms with van der Waals surface area (Å²) in [5, 5.41) is 16.9. The number of nitrogens with one attached hydrogen (secondary N) is 1. The van der Waals surface area contributed by atoms with Gasteiger partial charge in [-0.15, -0.1) is 21.8 Å². The van der Waals surface area contributed by atoms with Crippen molar-refractivity contribution in [1.82, 2.24) is 15.2 Å². The van der Waals surface area contributed by atoms with E-state index in [9.17, 15) is 0 Å². The van der Waals surface area contributed by atoms with Crippen molar-refractivity contribution in [2.75, 3.05) is 11.9 Å². The van der Waals surface area contributed by atoms with Gasteiger partial charge in [-0.05, 0) is 42.2 Å². The van der Waals surface area contributed by atoms with Crippen LogP contribution in [-0.2, 0) is 0 Å². The van der Waals surface area contributed by atoms with Crippen LogP contribution in [0.4, 0.5) is 5.13 Å². The molecule has 4 atom stereocenters. The van der Waals surface area contributed by atoms with Gasteiger partial charge in [-0.25, -0.2) is 0 Å². The van der Waals surface area contributed by atoms with Crippen molar-refractivity contribution >= 4 is 50.4 Å². The largest absolute Gasteiger partial charge is 0.356 e.